The predicted octanol–water partition coefficient (Wildman–Crippen LogP) is 3.73. The van der Waals surface area contributed by atoms with Gasteiger partial charge in [0.1, 0.15) is 11.6 Å². The van der Waals surface area contributed by atoms with Crippen molar-refractivity contribution in [2.45, 2.75) is 45.1 Å². The number of rotatable bonds is 13. The number of likely N-dealkylation sites (tertiary alicyclic amines) is 1. The highest BCUT2D eigenvalue weighted by molar-refractivity contribution is 7.80. The van der Waals surface area contributed by atoms with E-state index in [2.05, 4.69) is 44.0 Å². The van der Waals surface area contributed by atoms with E-state index in [1.54, 1.807) is 19.2 Å². The van der Waals surface area contributed by atoms with Gasteiger partial charge in [-0.05, 0) is 74.8 Å². The summed E-state index contributed by atoms with van der Waals surface area (Å²) in [7, 11) is 1.57. The SMILES string of the molecule is COc1cccc(NC(=S)NCCCC(=O)NCCCOc2cccc(CN3CCCCC3)c2)n1. The normalized spacial score (nSPS) is 13.6. The second-order valence-corrected chi connectivity index (χ2v) is 8.99. The number of amides is 1. The smallest absolute Gasteiger partial charge is 0.220 e. The Morgan fingerprint density at radius 3 is 2.69 bits per heavy atom. The maximum Gasteiger partial charge on any atom is 0.220 e. The minimum atomic E-state index is 0.0312. The Morgan fingerprint density at radius 2 is 1.86 bits per heavy atom. The van der Waals surface area contributed by atoms with E-state index in [0.717, 1.165) is 18.7 Å². The monoisotopic (exact) mass is 499 g/mol. The van der Waals surface area contributed by atoms with Crippen molar-refractivity contribution in [2.75, 3.05) is 45.2 Å². The Hall–Kier alpha value is -2.91. The summed E-state index contributed by atoms with van der Waals surface area (Å²) in [4.78, 5) is 18.8. The third-order valence-electron chi connectivity index (χ3n) is 5.71. The van der Waals surface area contributed by atoms with E-state index < -0.39 is 0 Å². The Bertz CT molecular complexity index is 937. The maximum atomic E-state index is 12.1. The zero-order valence-electron chi connectivity index (χ0n) is 20.6. The Balaban J connectivity index is 1.21. The minimum absolute atomic E-state index is 0.0312. The second kappa shape index (κ2) is 15.2. The fourth-order valence-corrected chi connectivity index (χ4v) is 4.10. The molecule has 190 valence electrons. The molecule has 0 saturated carbocycles. The van der Waals surface area contributed by atoms with Gasteiger partial charge in [-0.25, -0.2) is 0 Å². The summed E-state index contributed by atoms with van der Waals surface area (Å²) >= 11 is 5.26. The van der Waals surface area contributed by atoms with Crippen molar-refractivity contribution in [2.24, 2.45) is 0 Å². The molecule has 0 radical (unpaired) electrons. The molecular weight excluding hydrogens is 462 g/mol. The molecular formula is C26H37N5O3S. The molecule has 2 heterocycles. The quantitative estimate of drug-likeness (QED) is 0.284. The van der Waals surface area contributed by atoms with Gasteiger partial charge in [0.25, 0.3) is 0 Å². The third kappa shape index (κ3) is 10.5. The molecule has 0 atom stereocenters. The van der Waals surface area contributed by atoms with Gasteiger partial charge in [0.15, 0.2) is 5.11 Å². The molecule has 1 aromatic heterocycles. The van der Waals surface area contributed by atoms with E-state index in [1.807, 2.05) is 12.1 Å². The van der Waals surface area contributed by atoms with Crippen LogP contribution >= 0.6 is 12.2 Å². The molecule has 0 aliphatic carbocycles. The van der Waals surface area contributed by atoms with Crippen molar-refractivity contribution in [3.8, 4) is 11.6 Å². The number of thiocarbonyl (C=S) groups is 1. The van der Waals surface area contributed by atoms with Crippen LogP contribution in [0, 0.1) is 0 Å². The van der Waals surface area contributed by atoms with E-state index in [9.17, 15) is 4.79 Å². The largest absolute Gasteiger partial charge is 0.494 e. The molecule has 1 aliphatic heterocycles. The Morgan fingerprint density at radius 1 is 1.06 bits per heavy atom. The van der Waals surface area contributed by atoms with Crippen molar-refractivity contribution >= 4 is 29.1 Å². The summed E-state index contributed by atoms with van der Waals surface area (Å²) < 4.78 is 11.0. The van der Waals surface area contributed by atoms with Crippen molar-refractivity contribution in [1.29, 1.82) is 0 Å². The lowest BCUT2D eigenvalue weighted by Crippen LogP contribution is -2.31. The number of benzene rings is 1. The highest BCUT2D eigenvalue weighted by Crippen LogP contribution is 2.17. The lowest BCUT2D eigenvalue weighted by atomic mass is 10.1. The van der Waals surface area contributed by atoms with Crippen molar-refractivity contribution < 1.29 is 14.3 Å². The molecule has 3 rings (SSSR count). The van der Waals surface area contributed by atoms with Gasteiger partial charge in [0, 0.05) is 32.1 Å². The van der Waals surface area contributed by atoms with Gasteiger partial charge in [-0.2, -0.15) is 4.98 Å². The number of piperidine rings is 1. The number of carbonyl (C=O) groups is 1. The van der Waals surface area contributed by atoms with E-state index in [1.165, 1.54) is 37.9 Å². The van der Waals surface area contributed by atoms with Crippen molar-refractivity contribution in [3.05, 3.63) is 48.0 Å². The molecule has 1 amide bonds. The molecule has 35 heavy (non-hydrogen) atoms. The number of methoxy groups -OCH3 is 1. The van der Waals surface area contributed by atoms with Crippen LogP contribution in [0.25, 0.3) is 0 Å². The molecule has 0 unspecified atom stereocenters. The average Bonchev–Trinajstić information content (AvgIpc) is 2.87. The molecule has 8 nitrogen and oxygen atoms in total. The summed E-state index contributed by atoms with van der Waals surface area (Å²) in [5.41, 5.74) is 1.29. The second-order valence-electron chi connectivity index (χ2n) is 8.59. The number of nitrogens with zero attached hydrogens (tertiary/aromatic N) is 2. The van der Waals surface area contributed by atoms with Crippen LogP contribution < -0.4 is 25.4 Å². The molecule has 1 saturated heterocycles. The first kappa shape index (κ1) is 26.7. The zero-order valence-corrected chi connectivity index (χ0v) is 21.4. The van der Waals surface area contributed by atoms with Gasteiger partial charge >= 0.3 is 0 Å². The maximum absolute atomic E-state index is 12.1. The van der Waals surface area contributed by atoms with Crippen molar-refractivity contribution in [1.82, 2.24) is 20.5 Å². The van der Waals surface area contributed by atoms with Crippen LogP contribution in [0.15, 0.2) is 42.5 Å². The summed E-state index contributed by atoms with van der Waals surface area (Å²) in [6, 6.07) is 13.7. The first-order valence-electron chi connectivity index (χ1n) is 12.4. The summed E-state index contributed by atoms with van der Waals surface area (Å²) in [6.07, 6.45) is 5.82. The van der Waals surface area contributed by atoms with Gasteiger partial charge in [-0.15, -0.1) is 0 Å². The van der Waals surface area contributed by atoms with Crippen LogP contribution in [-0.4, -0.2) is 60.8 Å². The molecule has 2 aromatic rings. The molecule has 0 bridgehead atoms. The predicted molar refractivity (Wildman–Crippen MR) is 143 cm³/mol. The highest BCUT2D eigenvalue weighted by Gasteiger charge is 2.10. The number of pyridine rings is 1. The highest BCUT2D eigenvalue weighted by atomic mass is 32.1. The molecule has 9 heteroatoms. The number of ether oxygens (including phenoxy) is 2. The summed E-state index contributed by atoms with van der Waals surface area (Å²) in [5.74, 6) is 2.05. The lowest BCUT2D eigenvalue weighted by molar-refractivity contribution is -0.121. The van der Waals surface area contributed by atoms with E-state index >= 15 is 0 Å². The fraction of sp³-hybridized carbons (Fsp3) is 0.500. The summed E-state index contributed by atoms with van der Waals surface area (Å²) in [6.45, 7) is 5.13. The number of hydrogen-bond acceptors (Lipinski definition) is 6. The number of anilines is 1. The third-order valence-corrected chi connectivity index (χ3v) is 5.95. The van der Waals surface area contributed by atoms with Gasteiger partial charge < -0.3 is 25.4 Å². The Labute approximate surface area is 213 Å². The first-order valence-corrected chi connectivity index (χ1v) is 12.8. The molecule has 0 spiro atoms. The van der Waals surface area contributed by atoms with Crippen LogP contribution in [0.5, 0.6) is 11.6 Å². The first-order chi connectivity index (χ1) is 17.1. The standard InChI is InChI=1S/C26H37N5O3S/c1-33-25-13-6-11-23(29-25)30-26(35)28-14-7-12-24(32)27-15-8-18-34-22-10-5-9-21(19-22)20-31-16-3-2-4-17-31/h5-6,9-11,13,19H,2-4,7-8,12,14-18,20H2,1H3,(H,27,32)(H2,28,29,30,35). The lowest BCUT2D eigenvalue weighted by Gasteiger charge is -2.26. The van der Waals surface area contributed by atoms with Gasteiger partial charge in [0.2, 0.25) is 11.8 Å². The molecule has 1 aromatic carbocycles. The number of carbonyl (C=O) groups excluding carboxylic acids is 1. The van der Waals surface area contributed by atoms with Gasteiger partial charge in [0.05, 0.1) is 13.7 Å². The van der Waals surface area contributed by atoms with Crippen LogP contribution in [0.1, 0.15) is 44.1 Å². The molecule has 1 fully saturated rings. The van der Waals surface area contributed by atoms with Crippen LogP contribution in [0.2, 0.25) is 0 Å². The Kier molecular flexibility index (Phi) is 11.6. The summed E-state index contributed by atoms with van der Waals surface area (Å²) in [5, 5.41) is 9.50. The minimum Gasteiger partial charge on any atom is -0.494 e. The van der Waals surface area contributed by atoms with E-state index in [4.69, 9.17) is 21.7 Å². The van der Waals surface area contributed by atoms with Crippen LogP contribution in [0.4, 0.5) is 5.82 Å². The number of aromatic nitrogens is 1. The zero-order chi connectivity index (χ0) is 24.7. The molecule has 1 aliphatic rings. The fourth-order valence-electron chi connectivity index (χ4n) is 3.90. The van der Waals surface area contributed by atoms with Crippen molar-refractivity contribution in [3.63, 3.8) is 0 Å². The van der Waals surface area contributed by atoms with Crippen LogP contribution in [0.3, 0.4) is 0 Å². The van der Waals surface area contributed by atoms with Gasteiger partial charge in [-0.1, -0.05) is 24.6 Å². The van der Waals surface area contributed by atoms with Crippen LogP contribution in [-0.2, 0) is 11.3 Å². The number of nitrogens with one attached hydrogen (secondary N) is 3. The average molecular weight is 500 g/mol. The molecule has 3 N–H and O–H groups in total. The van der Waals surface area contributed by atoms with E-state index in [0.29, 0.717) is 49.3 Å². The number of hydrogen-bond donors (Lipinski definition) is 3. The van der Waals surface area contributed by atoms with E-state index in [-0.39, 0.29) is 5.91 Å². The topological polar surface area (TPSA) is 87.8 Å². The van der Waals surface area contributed by atoms with Gasteiger partial charge in [-0.3, -0.25) is 9.69 Å².